The third kappa shape index (κ3) is 4.75. The van der Waals surface area contributed by atoms with E-state index in [1.807, 2.05) is 71.3 Å². The zero-order valence-corrected chi connectivity index (χ0v) is 32.7. The molecule has 0 saturated carbocycles. The lowest BCUT2D eigenvalue weighted by molar-refractivity contribution is 1.02. The summed E-state index contributed by atoms with van der Waals surface area (Å²) in [5.74, 6) is 0.557. The number of benzene rings is 9. The van der Waals surface area contributed by atoms with E-state index in [4.69, 9.17) is 9.97 Å². The number of aromatic nitrogens is 5. The van der Waals surface area contributed by atoms with Crippen molar-refractivity contribution in [1.82, 2.24) is 23.7 Å². The molecule has 13 aromatic rings. The van der Waals surface area contributed by atoms with Gasteiger partial charge < -0.3 is 4.57 Å². The van der Waals surface area contributed by atoms with Gasteiger partial charge in [0, 0.05) is 60.0 Å². The lowest BCUT2D eigenvalue weighted by Gasteiger charge is -2.18. The van der Waals surface area contributed by atoms with Crippen molar-refractivity contribution < 1.29 is 0 Å². The second-order valence-electron chi connectivity index (χ2n) is 15.7. The monoisotopic (exact) mass is 779 g/mol. The average Bonchev–Trinajstić information content (AvgIpc) is 3.85. The molecule has 0 aliphatic rings. The summed E-state index contributed by atoms with van der Waals surface area (Å²) in [5, 5.41) is 10.0. The predicted octanol–water partition coefficient (Wildman–Crippen LogP) is 13.1. The van der Waals surface area contributed by atoms with Crippen LogP contribution < -0.4 is 5.56 Å². The summed E-state index contributed by atoms with van der Waals surface area (Å²) in [6, 6.07) is 69.2. The summed E-state index contributed by atoms with van der Waals surface area (Å²) in [6.07, 6.45) is 0. The first-order chi connectivity index (χ1) is 30.2. The van der Waals surface area contributed by atoms with Gasteiger partial charge in [0.15, 0.2) is 0 Å². The van der Waals surface area contributed by atoms with Crippen LogP contribution in [0.3, 0.4) is 0 Å². The van der Waals surface area contributed by atoms with E-state index in [1.165, 1.54) is 10.8 Å². The average molecular weight is 780 g/mol. The van der Waals surface area contributed by atoms with Crippen molar-refractivity contribution in [2.45, 2.75) is 0 Å². The Kier molecular flexibility index (Phi) is 7.06. The smallest absolute Gasteiger partial charge is 0.263 e. The maximum absolute atomic E-state index is 15.2. The molecule has 0 saturated heterocycles. The molecule has 6 heteroatoms. The number of rotatable bonds is 4. The number of pyridine rings is 1. The summed E-state index contributed by atoms with van der Waals surface area (Å²) >= 11 is 0. The number of nitrogens with zero attached hydrogens (tertiary/aromatic N) is 5. The van der Waals surface area contributed by atoms with Gasteiger partial charge in [-0.05, 0) is 65.4 Å². The molecule has 0 radical (unpaired) electrons. The SMILES string of the molecule is O=c1c2ccccc2c2c3ccccc3c3c(c4cc(-n5c6ccccc6c6ccccc65)ccc4n3-c3nc(-c4ccccc4)c4ccccc4n3)c2n1-c1ccccc1. The van der Waals surface area contributed by atoms with Crippen LogP contribution in [0.4, 0.5) is 0 Å². The first kappa shape index (κ1) is 33.6. The first-order valence-electron chi connectivity index (χ1n) is 20.6. The fraction of sp³-hybridized carbons (Fsp3) is 0. The lowest BCUT2D eigenvalue weighted by Crippen LogP contribution is -2.19. The van der Waals surface area contributed by atoms with Crippen molar-refractivity contribution in [3.63, 3.8) is 0 Å². The Morgan fingerprint density at radius 2 is 0.885 bits per heavy atom. The van der Waals surface area contributed by atoms with E-state index >= 15 is 4.79 Å². The second-order valence-corrected chi connectivity index (χ2v) is 15.7. The van der Waals surface area contributed by atoms with Crippen molar-refractivity contribution in [1.29, 1.82) is 0 Å². The molecule has 0 aliphatic carbocycles. The minimum absolute atomic E-state index is 0.0707. The molecule has 0 atom stereocenters. The molecule has 4 heterocycles. The Morgan fingerprint density at radius 1 is 0.344 bits per heavy atom. The molecule has 13 rings (SSSR count). The summed E-state index contributed by atoms with van der Waals surface area (Å²) in [5.41, 5.74) is 9.43. The largest absolute Gasteiger partial charge is 0.309 e. The Balaban J connectivity index is 1.29. The maximum Gasteiger partial charge on any atom is 0.263 e. The van der Waals surface area contributed by atoms with Crippen LogP contribution in [0.25, 0.3) is 116 Å². The van der Waals surface area contributed by atoms with Gasteiger partial charge in [0.05, 0.1) is 38.8 Å². The van der Waals surface area contributed by atoms with Crippen molar-refractivity contribution in [2.75, 3.05) is 0 Å². The first-order valence-corrected chi connectivity index (χ1v) is 20.6. The summed E-state index contributed by atoms with van der Waals surface area (Å²) in [4.78, 5) is 26.0. The van der Waals surface area contributed by atoms with E-state index in [1.54, 1.807) is 0 Å². The fourth-order valence-electron chi connectivity index (χ4n) is 9.89. The molecule has 0 N–H and O–H groups in total. The second kappa shape index (κ2) is 12.8. The van der Waals surface area contributed by atoms with E-state index in [9.17, 15) is 0 Å². The molecular formula is C55H33N5O. The van der Waals surface area contributed by atoms with Crippen LogP contribution in [0, 0.1) is 0 Å². The van der Waals surface area contributed by atoms with Crippen molar-refractivity contribution >= 4 is 87.0 Å². The highest BCUT2D eigenvalue weighted by molar-refractivity contribution is 6.35. The molecule has 0 aliphatic heterocycles. The van der Waals surface area contributed by atoms with Crippen LogP contribution in [-0.2, 0) is 0 Å². The van der Waals surface area contributed by atoms with E-state index in [0.717, 1.165) is 93.4 Å². The molecule has 4 aromatic heterocycles. The molecule has 0 bridgehead atoms. The molecule has 61 heavy (non-hydrogen) atoms. The highest BCUT2D eigenvalue weighted by Crippen LogP contribution is 2.45. The summed E-state index contributed by atoms with van der Waals surface area (Å²) in [6.45, 7) is 0. The van der Waals surface area contributed by atoms with Crippen LogP contribution in [0.2, 0.25) is 0 Å². The van der Waals surface area contributed by atoms with Gasteiger partial charge in [-0.3, -0.25) is 13.9 Å². The third-order valence-corrected chi connectivity index (χ3v) is 12.4. The molecule has 0 fully saturated rings. The topological polar surface area (TPSA) is 57.6 Å². The van der Waals surface area contributed by atoms with Crippen LogP contribution in [0.5, 0.6) is 0 Å². The van der Waals surface area contributed by atoms with Gasteiger partial charge in [-0.15, -0.1) is 0 Å². The van der Waals surface area contributed by atoms with E-state index < -0.39 is 0 Å². The maximum atomic E-state index is 15.2. The van der Waals surface area contributed by atoms with Gasteiger partial charge in [-0.1, -0.05) is 146 Å². The van der Waals surface area contributed by atoms with Gasteiger partial charge in [0.1, 0.15) is 0 Å². The zero-order chi connectivity index (χ0) is 40.2. The molecule has 284 valence electrons. The Hall–Kier alpha value is -8.35. The van der Waals surface area contributed by atoms with Gasteiger partial charge in [-0.2, -0.15) is 0 Å². The highest BCUT2D eigenvalue weighted by atomic mass is 16.1. The summed E-state index contributed by atoms with van der Waals surface area (Å²) in [7, 11) is 0. The van der Waals surface area contributed by atoms with Gasteiger partial charge in [0.25, 0.3) is 5.56 Å². The molecule has 0 amide bonds. The van der Waals surface area contributed by atoms with Crippen molar-refractivity contribution in [2.24, 2.45) is 0 Å². The number of hydrogen-bond acceptors (Lipinski definition) is 3. The molecular weight excluding hydrogens is 747 g/mol. The Morgan fingerprint density at radius 3 is 1.59 bits per heavy atom. The van der Waals surface area contributed by atoms with Gasteiger partial charge in [-0.25, -0.2) is 9.97 Å². The predicted molar refractivity (Wildman–Crippen MR) is 252 cm³/mol. The van der Waals surface area contributed by atoms with Crippen molar-refractivity contribution in [3.8, 4) is 28.6 Å². The van der Waals surface area contributed by atoms with Crippen LogP contribution in [0.15, 0.2) is 205 Å². The van der Waals surface area contributed by atoms with Crippen LogP contribution >= 0.6 is 0 Å². The number of fused-ring (bicyclic) bond motifs is 14. The minimum atomic E-state index is -0.0707. The van der Waals surface area contributed by atoms with Crippen LogP contribution in [-0.4, -0.2) is 23.7 Å². The summed E-state index contributed by atoms with van der Waals surface area (Å²) < 4.78 is 6.52. The Bertz CT molecular complexity index is 3960. The zero-order valence-electron chi connectivity index (χ0n) is 32.7. The molecule has 6 nitrogen and oxygen atoms in total. The van der Waals surface area contributed by atoms with Crippen molar-refractivity contribution in [3.05, 3.63) is 211 Å². The van der Waals surface area contributed by atoms with E-state index in [-0.39, 0.29) is 5.56 Å². The molecule has 0 spiro atoms. The Labute approximate surface area is 348 Å². The quantitative estimate of drug-likeness (QED) is 0.167. The number of para-hydroxylation sites is 4. The van der Waals surface area contributed by atoms with Gasteiger partial charge in [0.2, 0.25) is 5.95 Å². The van der Waals surface area contributed by atoms with E-state index in [2.05, 4.69) is 143 Å². The number of hydrogen-bond donors (Lipinski definition) is 0. The fourth-order valence-corrected chi connectivity index (χ4v) is 9.89. The van der Waals surface area contributed by atoms with Crippen LogP contribution in [0.1, 0.15) is 0 Å². The lowest BCUT2D eigenvalue weighted by atomic mass is 9.95. The normalized spacial score (nSPS) is 12.0. The standard InChI is InChI=1S/C55H33N5O/c61-54-42-26-10-8-24-40(42)49-39-23-7-9-25-41(39)52-50(53(49)59(54)35-19-5-2-6-20-35)44-33-36(58-46-29-15-12-21-37(46)38-22-13-16-30-47(38)58)31-32-48(44)60(52)55-56-45-28-14-11-27-43(45)51(57-55)34-17-3-1-4-18-34/h1-33H. The van der Waals surface area contributed by atoms with Gasteiger partial charge >= 0.3 is 0 Å². The molecule has 9 aromatic carbocycles. The molecule has 0 unspecified atom stereocenters. The minimum Gasteiger partial charge on any atom is -0.309 e. The highest BCUT2D eigenvalue weighted by Gasteiger charge is 2.26. The van der Waals surface area contributed by atoms with E-state index in [0.29, 0.717) is 11.3 Å². The third-order valence-electron chi connectivity index (χ3n) is 12.4.